The van der Waals surface area contributed by atoms with E-state index in [-0.39, 0.29) is 5.41 Å². The lowest BCUT2D eigenvalue weighted by Gasteiger charge is -2.33. The van der Waals surface area contributed by atoms with Crippen LogP contribution in [0.5, 0.6) is 0 Å². The SMILES string of the molecule is O=C(N1CCC(N2CCCC2)C1)C1(c2cccc(Cl)c2)CCCC1. The number of hydrogen-bond acceptors (Lipinski definition) is 2. The molecule has 3 fully saturated rings. The molecule has 0 bridgehead atoms. The van der Waals surface area contributed by atoms with E-state index >= 15 is 0 Å². The van der Waals surface area contributed by atoms with Gasteiger partial charge in [-0.15, -0.1) is 0 Å². The molecule has 1 atom stereocenters. The quantitative estimate of drug-likeness (QED) is 0.830. The van der Waals surface area contributed by atoms with Crippen molar-refractivity contribution in [2.45, 2.75) is 56.4 Å². The van der Waals surface area contributed by atoms with Gasteiger partial charge in [-0.3, -0.25) is 9.69 Å². The lowest BCUT2D eigenvalue weighted by atomic mass is 9.77. The number of halogens is 1. The van der Waals surface area contributed by atoms with E-state index in [0.29, 0.717) is 11.9 Å². The molecule has 1 aromatic carbocycles. The van der Waals surface area contributed by atoms with E-state index in [4.69, 9.17) is 11.6 Å². The second-order valence-corrected chi connectivity index (χ2v) is 8.17. The third-order valence-corrected chi connectivity index (χ3v) is 6.59. The molecular weight excluding hydrogens is 320 g/mol. The average Bonchev–Trinajstić information content (AvgIpc) is 3.34. The third kappa shape index (κ3) is 2.86. The van der Waals surface area contributed by atoms with Crippen LogP contribution in [0.3, 0.4) is 0 Å². The van der Waals surface area contributed by atoms with Crippen molar-refractivity contribution in [2.75, 3.05) is 26.2 Å². The predicted molar refractivity (Wildman–Crippen MR) is 97.4 cm³/mol. The number of carbonyl (C=O) groups excluding carboxylic acids is 1. The van der Waals surface area contributed by atoms with Crippen molar-refractivity contribution < 1.29 is 4.79 Å². The fourth-order valence-corrected chi connectivity index (χ4v) is 5.21. The number of nitrogens with zero attached hydrogens (tertiary/aromatic N) is 2. The molecule has 3 nitrogen and oxygen atoms in total. The average molecular weight is 347 g/mol. The molecule has 1 aliphatic carbocycles. The molecule has 4 heteroatoms. The van der Waals surface area contributed by atoms with Crippen LogP contribution in [0, 0.1) is 0 Å². The minimum absolute atomic E-state index is 0.329. The van der Waals surface area contributed by atoms with Gasteiger partial charge in [0.1, 0.15) is 0 Å². The molecule has 2 aliphatic heterocycles. The summed E-state index contributed by atoms with van der Waals surface area (Å²) in [5.74, 6) is 0.351. The number of hydrogen-bond donors (Lipinski definition) is 0. The van der Waals surface area contributed by atoms with Gasteiger partial charge in [-0.05, 0) is 62.9 Å². The van der Waals surface area contributed by atoms with E-state index in [1.165, 1.54) is 25.9 Å². The smallest absolute Gasteiger partial charge is 0.233 e. The molecule has 0 aromatic heterocycles. The highest BCUT2D eigenvalue weighted by Crippen LogP contribution is 2.44. The minimum atomic E-state index is -0.329. The van der Waals surface area contributed by atoms with Crippen molar-refractivity contribution in [3.05, 3.63) is 34.9 Å². The molecular formula is C20H27ClN2O. The number of amides is 1. The number of carbonyl (C=O) groups is 1. The topological polar surface area (TPSA) is 23.6 Å². The van der Waals surface area contributed by atoms with Crippen molar-refractivity contribution in [3.63, 3.8) is 0 Å². The van der Waals surface area contributed by atoms with Crippen LogP contribution in [0.2, 0.25) is 5.02 Å². The van der Waals surface area contributed by atoms with Gasteiger partial charge in [0.2, 0.25) is 5.91 Å². The van der Waals surface area contributed by atoms with Crippen molar-refractivity contribution in [2.24, 2.45) is 0 Å². The van der Waals surface area contributed by atoms with Gasteiger partial charge in [-0.1, -0.05) is 36.6 Å². The first kappa shape index (κ1) is 16.4. The molecule has 1 saturated carbocycles. The van der Waals surface area contributed by atoms with Crippen LogP contribution in [0.1, 0.15) is 50.5 Å². The zero-order valence-corrected chi connectivity index (χ0v) is 15.1. The molecule has 1 unspecified atom stereocenters. The highest BCUT2D eigenvalue weighted by atomic mass is 35.5. The number of benzene rings is 1. The summed E-state index contributed by atoms with van der Waals surface area (Å²) in [6.07, 6.45) is 7.99. The molecule has 0 spiro atoms. The van der Waals surface area contributed by atoms with Crippen LogP contribution in [0.25, 0.3) is 0 Å². The fraction of sp³-hybridized carbons (Fsp3) is 0.650. The molecule has 1 amide bonds. The summed E-state index contributed by atoms with van der Waals surface area (Å²) in [4.78, 5) is 18.2. The maximum atomic E-state index is 13.5. The lowest BCUT2D eigenvalue weighted by molar-refractivity contribution is -0.136. The van der Waals surface area contributed by atoms with Crippen LogP contribution in [-0.4, -0.2) is 47.9 Å². The molecule has 3 aliphatic rings. The summed E-state index contributed by atoms with van der Waals surface area (Å²) in [5, 5.41) is 0.739. The van der Waals surface area contributed by atoms with E-state index in [1.54, 1.807) is 0 Å². The Morgan fingerprint density at radius 2 is 1.83 bits per heavy atom. The number of likely N-dealkylation sites (tertiary alicyclic amines) is 2. The Morgan fingerprint density at radius 1 is 1.08 bits per heavy atom. The third-order valence-electron chi connectivity index (χ3n) is 6.35. The zero-order chi connectivity index (χ0) is 16.6. The number of rotatable bonds is 3. The summed E-state index contributed by atoms with van der Waals surface area (Å²) < 4.78 is 0. The monoisotopic (exact) mass is 346 g/mol. The molecule has 2 heterocycles. The summed E-state index contributed by atoms with van der Waals surface area (Å²) >= 11 is 6.23. The predicted octanol–water partition coefficient (Wildman–Crippen LogP) is 3.85. The van der Waals surface area contributed by atoms with Crippen molar-refractivity contribution in [1.29, 1.82) is 0 Å². The van der Waals surface area contributed by atoms with E-state index in [2.05, 4.69) is 15.9 Å². The van der Waals surface area contributed by atoms with E-state index in [1.807, 2.05) is 18.2 Å². The lowest BCUT2D eigenvalue weighted by Crippen LogP contribution is -2.46. The van der Waals surface area contributed by atoms with Gasteiger partial charge in [0.05, 0.1) is 5.41 Å². The van der Waals surface area contributed by atoms with E-state index in [9.17, 15) is 4.79 Å². The van der Waals surface area contributed by atoms with Crippen LogP contribution >= 0.6 is 11.6 Å². The van der Waals surface area contributed by atoms with Crippen LogP contribution < -0.4 is 0 Å². The first-order valence-electron chi connectivity index (χ1n) is 9.48. The standard InChI is InChI=1S/C20H27ClN2O/c21-17-7-5-6-16(14-17)20(9-1-2-10-20)19(24)23-13-8-18(15-23)22-11-3-4-12-22/h5-7,14,18H,1-4,8-13,15H2. The van der Waals surface area contributed by atoms with E-state index in [0.717, 1.165) is 55.8 Å². The second-order valence-electron chi connectivity index (χ2n) is 7.74. The molecule has 0 N–H and O–H groups in total. The largest absolute Gasteiger partial charge is 0.340 e. The Balaban J connectivity index is 1.55. The summed E-state index contributed by atoms with van der Waals surface area (Å²) in [6.45, 7) is 4.27. The first-order chi connectivity index (χ1) is 11.7. The summed E-state index contributed by atoms with van der Waals surface area (Å²) in [7, 11) is 0. The van der Waals surface area contributed by atoms with Crippen LogP contribution in [0.4, 0.5) is 0 Å². The Bertz CT molecular complexity index is 605. The second kappa shape index (κ2) is 6.68. The van der Waals surface area contributed by atoms with Gasteiger partial charge in [0.15, 0.2) is 0 Å². The first-order valence-corrected chi connectivity index (χ1v) is 9.86. The molecule has 130 valence electrons. The van der Waals surface area contributed by atoms with Gasteiger partial charge < -0.3 is 4.90 Å². The Kier molecular flexibility index (Phi) is 4.57. The summed E-state index contributed by atoms with van der Waals surface area (Å²) in [5.41, 5.74) is 0.798. The van der Waals surface area contributed by atoms with Crippen molar-refractivity contribution in [3.8, 4) is 0 Å². The molecule has 4 rings (SSSR count). The van der Waals surface area contributed by atoms with Gasteiger partial charge in [0.25, 0.3) is 0 Å². The minimum Gasteiger partial charge on any atom is -0.340 e. The normalized spacial score (nSPS) is 27.0. The fourth-order valence-electron chi connectivity index (χ4n) is 5.02. The molecule has 24 heavy (non-hydrogen) atoms. The maximum absolute atomic E-state index is 13.5. The summed E-state index contributed by atoms with van der Waals surface area (Å²) in [6, 6.07) is 8.58. The highest BCUT2D eigenvalue weighted by Gasteiger charge is 2.46. The molecule has 0 radical (unpaired) electrons. The Labute approximate surface area is 150 Å². The zero-order valence-electron chi connectivity index (χ0n) is 14.3. The van der Waals surface area contributed by atoms with Crippen LogP contribution in [0.15, 0.2) is 24.3 Å². The van der Waals surface area contributed by atoms with Crippen molar-refractivity contribution in [1.82, 2.24) is 9.80 Å². The highest BCUT2D eigenvalue weighted by molar-refractivity contribution is 6.30. The van der Waals surface area contributed by atoms with Crippen molar-refractivity contribution >= 4 is 17.5 Å². The molecule has 2 saturated heterocycles. The Morgan fingerprint density at radius 3 is 2.54 bits per heavy atom. The van der Waals surface area contributed by atoms with E-state index < -0.39 is 0 Å². The van der Waals surface area contributed by atoms with Gasteiger partial charge in [-0.2, -0.15) is 0 Å². The Hall–Kier alpha value is -1.06. The van der Waals surface area contributed by atoms with Gasteiger partial charge in [-0.25, -0.2) is 0 Å². The van der Waals surface area contributed by atoms with Gasteiger partial charge in [0, 0.05) is 24.2 Å². The van der Waals surface area contributed by atoms with Gasteiger partial charge >= 0.3 is 0 Å². The maximum Gasteiger partial charge on any atom is 0.233 e. The van der Waals surface area contributed by atoms with Crippen LogP contribution in [-0.2, 0) is 10.2 Å². The molecule has 1 aromatic rings.